The first-order chi connectivity index (χ1) is 14.4. The van der Waals surface area contributed by atoms with Crippen LogP contribution < -0.4 is 20.1 Å². The molecule has 0 atom stereocenters. The standard InChI is InChI=1S/C24H30N2O4/c1-15(2)23(27)25-18-11-9-16(3)20(14-18)26-24(28)17-10-12-21(22(13-17)29-4)30-19-7-5-6-8-19/h9-15,19H,5-8H2,1-4H3,(H,25,27)(H,26,28). The molecule has 0 radical (unpaired) electrons. The molecule has 0 aliphatic heterocycles. The highest BCUT2D eigenvalue weighted by molar-refractivity contribution is 6.05. The lowest BCUT2D eigenvalue weighted by Crippen LogP contribution is -2.18. The molecule has 2 N–H and O–H groups in total. The second kappa shape index (κ2) is 9.65. The Kier molecular flexibility index (Phi) is 6.98. The number of nitrogens with one attached hydrogen (secondary N) is 2. The number of ether oxygens (including phenoxy) is 2. The maximum absolute atomic E-state index is 12.8. The number of amides is 2. The van der Waals surface area contributed by atoms with Gasteiger partial charge in [0.25, 0.3) is 5.91 Å². The van der Waals surface area contributed by atoms with E-state index in [2.05, 4.69) is 10.6 Å². The van der Waals surface area contributed by atoms with Crippen LogP contribution in [0, 0.1) is 12.8 Å². The molecule has 6 nitrogen and oxygen atoms in total. The molecule has 0 bridgehead atoms. The van der Waals surface area contributed by atoms with Crippen LogP contribution in [0.4, 0.5) is 11.4 Å². The molecule has 0 unspecified atom stereocenters. The van der Waals surface area contributed by atoms with E-state index in [4.69, 9.17) is 9.47 Å². The summed E-state index contributed by atoms with van der Waals surface area (Å²) in [6.45, 7) is 5.57. The highest BCUT2D eigenvalue weighted by atomic mass is 16.5. The van der Waals surface area contributed by atoms with Crippen LogP contribution in [0.5, 0.6) is 11.5 Å². The van der Waals surface area contributed by atoms with Crippen LogP contribution in [-0.2, 0) is 4.79 Å². The van der Waals surface area contributed by atoms with Gasteiger partial charge in [0.2, 0.25) is 5.91 Å². The van der Waals surface area contributed by atoms with Crippen molar-refractivity contribution in [2.75, 3.05) is 17.7 Å². The largest absolute Gasteiger partial charge is 0.493 e. The van der Waals surface area contributed by atoms with E-state index < -0.39 is 0 Å². The highest BCUT2D eigenvalue weighted by Crippen LogP contribution is 2.32. The number of benzene rings is 2. The van der Waals surface area contributed by atoms with Gasteiger partial charge in [-0.05, 0) is 68.5 Å². The normalized spacial score (nSPS) is 13.9. The van der Waals surface area contributed by atoms with Gasteiger partial charge in [0.05, 0.1) is 13.2 Å². The van der Waals surface area contributed by atoms with E-state index in [1.807, 2.05) is 32.9 Å². The van der Waals surface area contributed by atoms with Crippen molar-refractivity contribution in [3.05, 3.63) is 47.5 Å². The second-order valence-electron chi connectivity index (χ2n) is 8.02. The van der Waals surface area contributed by atoms with Crippen LogP contribution in [-0.4, -0.2) is 25.0 Å². The third kappa shape index (κ3) is 5.32. The van der Waals surface area contributed by atoms with Crippen LogP contribution in [0.1, 0.15) is 55.5 Å². The minimum atomic E-state index is -0.254. The van der Waals surface area contributed by atoms with Gasteiger partial charge >= 0.3 is 0 Å². The van der Waals surface area contributed by atoms with Gasteiger partial charge < -0.3 is 20.1 Å². The number of anilines is 2. The lowest BCUT2D eigenvalue weighted by molar-refractivity contribution is -0.118. The van der Waals surface area contributed by atoms with E-state index in [-0.39, 0.29) is 23.8 Å². The Labute approximate surface area is 178 Å². The van der Waals surface area contributed by atoms with Crippen LogP contribution in [0.15, 0.2) is 36.4 Å². The number of hydrogen-bond acceptors (Lipinski definition) is 4. The van der Waals surface area contributed by atoms with Crippen LogP contribution in [0.2, 0.25) is 0 Å². The first-order valence-corrected chi connectivity index (χ1v) is 10.4. The lowest BCUT2D eigenvalue weighted by atomic mass is 10.1. The van der Waals surface area contributed by atoms with Crippen molar-refractivity contribution >= 4 is 23.2 Å². The number of carbonyl (C=O) groups is 2. The van der Waals surface area contributed by atoms with Gasteiger partial charge in [0, 0.05) is 22.9 Å². The van der Waals surface area contributed by atoms with Gasteiger partial charge in [-0.25, -0.2) is 0 Å². The summed E-state index contributed by atoms with van der Waals surface area (Å²) in [5, 5.41) is 5.78. The van der Waals surface area contributed by atoms with E-state index in [0.29, 0.717) is 28.4 Å². The van der Waals surface area contributed by atoms with Gasteiger partial charge in [-0.2, -0.15) is 0 Å². The van der Waals surface area contributed by atoms with E-state index in [0.717, 1.165) is 18.4 Å². The predicted molar refractivity (Wildman–Crippen MR) is 118 cm³/mol. The zero-order valence-corrected chi connectivity index (χ0v) is 18.1. The molecule has 1 saturated carbocycles. The molecule has 0 heterocycles. The SMILES string of the molecule is COc1cc(C(=O)Nc2cc(NC(=O)C(C)C)ccc2C)ccc1OC1CCCC1. The highest BCUT2D eigenvalue weighted by Gasteiger charge is 2.19. The molecule has 1 aliphatic carbocycles. The summed E-state index contributed by atoms with van der Waals surface area (Å²) in [6.07, 6.45) is 4.68. The molecule has 0 saturated heterocycles. The van der Waals surface area contributed by atoms with Gasteiger partial charge in [0.15, 0.2) is 11.5 Å². The summed E-state index contributed by atoms with van der Waals surface area (Å²) in [7, 11) is 1.57. The summed E-state index contributed by atoms with van der Waals surface area (Å²) < 4.78 is 11.5. The van der Waals surface area contributed by atoms with Crippen molar-refractivity contribution in [1.29, 1.82) is 0 Å². The van der Waals surface area contributed by atoms with E-state index in [9.17, 15) is 9.59 Å². The molecule has 0 spiro atoms. The summed E-state index contributed by atoms with van der Waals surface area (Å²) >= 11 is 0. The Bertz CT molecular complexity index is 917. The van der Waals surface area contributed by atoms with E-state index in [1.54, 1.807) is 31.4 Å². The molecule has 1 aliphatic rings. The molecule has 1 fully saturated rings. The first-order valence-electron chi connectivity index (χ1n) is 10.4. The Morgan fingerprint density at radius 1 is 1.00 bits per heavy atom. The van der Waals surface area contributed by atoms with Gasteiger partial charge in [-0.3, -0.25) is 9.59 Å². The topological polar surface area (TPSA) is 76.7 Å². The van der Waals surface area contributed by atoms with Gasteiger partial charge in [-0.15, -0.1) is 0 Å². The molecule has 160 valence electrons. The Morgan fingerprint density at radius 2 is 1.73 bits per heavy atom. The monoisotopic (exact) mass is 410 g/mol. The minimum absolute atomic E-state index is 0.0706. The maximum Gasteiger partial charge on any atom is 0.255 e. The van der Waals surface area contributed by atoms with Gasteiger partial charge in [-0.1, -0.05) is 19.9 Å². The van der Waals surface area contributed by atoms with Gasteiger partial charge in [0.1, 0.15) is 0 Å². The third-order valence-corrected chi connectivity index (χ3v) is 5.30. The number of carbonyl (C=O) groups excluding carboxylic acids is 2. The van der Waals surface area contributed by atoms with E-state index >= 15 is 0 Å². The number of aryl methyl sites for hydroxylation is 1. The van der Waals surface area contributed by atoms with Crippen molar-refractivity contribution in [3.63, 3.8) is 0 Å². The number of rotatable bonds is 7. The average Bonchev–Trinajstić information content (AvgIpc) is 3.23. The smallest absolute Gasteiger partial charge is 0.255 e. The van der Waals surface area contributed by atoms with Crippen molar-refractivity contribution in [1.82, 2.24) is 0 Å². The fraction of sp³-hybridized carbons (Fsp3) is 0.417. The Balaban J connectivity index is 1.74. The van der Waals surface area contributed by atoms with Crippen molar-refractivity contribution in [2.45, 2.75) is 52.6 Å². The van der Waals surface area contributed by atoms with Crippen molar-refractivity contribution in [3.8, 4) is 11.5 Å². The third-order valence-electron chi connectivity index (χ3n) is 5.30. The van der Waals surface area contributed by atoms with Crippen molar-refractivity contribution < 1.29 is 19.1 Å². The predicted octanol–water partition coefficient (Wildman–Crippen LogP) is 5.17. The molecule has 0 aromatic heterocycles. The molecular weight excluding hydrogens is 380 g/mol. The lowest BCUT2D eigenvalue weighted by Gasteiger charge is -2.17. The Morgan fingerprint density at radius 3 is 2.40 bits per heavy atom. The molecule has 6 heteroatoms. The van der Waals surface area contributed by atoms with Crippen LogP contribution >= 0.6 is 0 Å². The van der Waals surface area contributed by atoms with Crippen LogP contribution in [0.3, 0.4) is 0 Å². The fourth-order valence-electron chi connectivity index (χ4n) is 3.41. The summed E-state index contributed by atoms with van der Waals surface area (Å²) in [4.78, 5) is 24.8. The molecule has 2 amide bonds. The summed E-state index contributed by atoms with van der Waals surface area (Å²) in [5.41, 5.74) is 2.67. The Hall–Kier alpha value is -3.02. The average molecular weight is 411 g/mol. The molecule has 30 heavy (non-hydrogen) atoms. The summed E-state index contributed by atoms with van der Waals surface area (Å²) in [6, 6.07) is 10.7. The molecule has 3 rings (SSSR count). The minimum Gasteiger partial charge on any atom is -0.493 e. The number of hydrogen-bond donors (Lipinski definition) is 2. The maximum atomic E-state index is 12.8. The van der Waals surface area contributed by atoms with E-state index in [1.165, 1.54) is 12.8 Å². The quantitative estimate of drug-likeness (QED) is 0.660. The zero-order valence-electron chi connectivity index (χ0n) is 18.1. The van der Waals surface area contributed by atoms with Crippen molar-refractivity contribution in [2.24, 2.45) is 5.92 Å². The molecule has 2 aromatic carbocycles. The second-order valence-corrected chi connectivity index (χ2v) is 8.02. The first kappa shape index (κ1) is 21.7. The van der Waals surface area contributed by atoms with Crippen LogP contribution in [0.25, 0.3) is 0 Å². The molecule has 2 aromatic rings. The molecular formula is C24H30N2O4. The zero-order chi connectivity index (χ0) is 21.7. The summed E-state index contributed by atoms with van der Waals surface area (Å²) in [5.74, 6) is 0.761. The number of methoxy groups -OCH3 is 1. The fourth-order valence-corrected chi connectivity index (χ4v) is 3.41.